The fourth-order valence-corrected chi connectivity index (χ4v) is 1.05. The number of ether oxygens (including phenoxy) is 1. The summed E-state index contributed by atoms with van der Waals surface area (Å²) in [5.41, 5.74) is 0.470. The third-order valence-corrected chi connectivity index (χ3v) is 1.72. The highest BCUT2D eigenvalue weighted by molar-refractivity contribution is 5.97. The van der Waals surface area contributed by atoms with Crippen LogP contribution in [-0.4, -0.2) is 23.3 Å². The number of aromatic nitrogens is 1. The van der Waals surface area contributed by atoms with E-state index in [2.05, 4.69) is 4.98 Å². The Balaban J connectivity index is 2.77. The Hall–Kier alpha value is -2.09. The zero-order chi connectivity index (χ0) is 11.3. The molecule has 0 atom stereocenters. The van der Waals surface area contributed by atoms with Crippen molar-refractivity contribution in [2.24, 2.45) is 0 Å². The molecule has 1 rings (SSSR count). The van der Waals surface area contributed by atoms with Gasteiger partial charge < -0.3 is 9.72 Å². The summed E-state index contributed by atoms with van der Waals surface area (Å²) in [6, 6.07) is 4.67. The quantitative estimate of drug-likeness (QED) is 0.594. The molecule has 1 heterocycles. The number of nitrogens with one attached hydrogen (secondary N) is 1. The fourth-order valence-electron chi connectivity index (χ4n) is 1.05. The van der Waals surface area contributed by atoms with Crippen molar-refractivity contribution >= 4 is 11.8 Å². The van der Waals surface area contributed by atoms with Gasteiger partial charge in [0.2, 0.25) is 0 Å². The third-order valence-electron chi connectivity index (χ3n) is 1.72. The van der Waals surface area contributed by atoms with Crippen LogP contribution < -0.4 is 0 Å². The molecule has 5 nitrogen and oxygen atoms in total. The standard InChI is InChI=1S/C10H10N2O3/c1-2-15-10(14)8-4-3-7(12-8)9(13)5-6-11/h3-4,12H,2,5H2,1H3. The predicted molar refractivity (Wildman–Crippen MR) is 51.3 cm³/mol. The number of nitrogens with zero attached hydrogens (tertiary/aromatic N) is 1. The smallest absolute Gasteiger partial charge is 0.354 e. The molecular formula is C10H10N2O3. The van der Waals surface area contributed by atoms with Gasteiger partial charge in [-0.3, -0.25) is 4.79 Å². The Morgan fingerprint density at radius 1 is 1.47 bits per heavy atom. The molecule has 0 aliphatic rings. The molecule has 0 amide bonds. The minimum Gasteiger partial charge on any atom is -0.461 e. The number of carbonyl (C=O) groups is 2. The van der Waals surface area contributed by atoms with Gasteiger partial charge in [0.1, 0.15) is 12.1 Å². The minimum absolute atomic E-state index is 0.206. The van der Waals surface area contributed by atoms with E-state index in [1.54, 1.807) is 13.0 Å². The van der Waals surface area contributed by atoms with Crippen LogP contribution in [0.4, 0.5) is 0 Å². The number of ketones is 1. The van der Waals surface area contributed by atoms with E-state index in [-0.39, 0.29) is 30.2 Å². The van der Waals surface area contributed by atoms with Crippen molar-refractivity contribution in [2.45, 2.75) is 13.3 Å². The molecule has 0 saturated heterocycles. The molecule has 0 saturated carbocycles. The van der Waals surface area contributed by atoms with Crippen LogP contribution in [-0.2, 0) is 4.74 Å². The van der Waals surface area contributed by atoms with Crippen LogP contribution in [0.15, 0.2) is 12.1 Å². The average molecular weight is 206 g/mol. The Kier molecular flexibility index (Phi) is 3.63. The van der Waals surface area contributed by atoms with Gasteiger partial charge in [0.15, 0.2) is 5.78 Å². The molecule has 0 bridgehead atoms. The first kappa shape index (κ1) is 11.0. The molecule has 78 valence electrons. The first-order valence-electron chi connectivity index (χ1n) is 4.45. The molecule has 1 N–H and O–H groups in total. The molecule has 0 unspecified atom stereocenters. The van der Waals surface area contributed by atoms with E-state index >= 15 is 0 Å². The number of aromatic amines is 1. The number of Topliss-reactive ketones (excluding diaryl/α,β-unsaturated/α-hetero) is 1. The van der Waals surface area contributed by atoms with Gasteiger partial charge in [-0.2, -0.15) is 5.26 Å². The Labute approximate surface area is 86.7 Å². The second-order valence-corrected chi connectivity index (χ2v) is 2.76. The Morgan fingerprint density at radius 2 is 2.13 bits per heavy atom. The summed E-state index contributed by atoms with van der Waals surface area (Å²) < 4.78 is 4.73. The molecule has 5 heteroatoms. The van der Waals surface area contributed by atoms with Crippen molar-refractivity contribution in [3.63, 3.8) is 0 Å². The van der Waals surface area contributed by atoms with Crippen molar-refractivity contribution in [3.05, 3.63) is 23.5 Å². The summed E-state index contributed by atoms with van der Waals surface area (Å²) >= 11 is 0. The maximum atomic E-state index is 11.2. The summed E-state index contributed by atoms with van der Waals surface area (Å²) in [4.78, 5) is 25.0. The van der Waals surface area contributed by atoms with Crippen molar-refractivity contribution in [1.82, 2.24) is 4.98 Å². The van der Waals surface area contributed by atoms with Gasteiger partial charge in [0, 0.05) is 0 Å². The van der Waals surface area contributed by atoms with Gasteiger partial charge in [-0.1, -0.05) is 0 Å². The normalized spacial score (nSPS) is 9.33. The van der Waals surface area contributed by atoms with Crippen LogP contribution in [0, 0.1) is 11.3 Å². The first-order valence-corrected chi connectivity index (χ1v) is 4.45. The molecule has 1 aromatic heterocycles. The number of nitriles is 1. The second kappa shape index (κ2) is 4.96. The molecule has 15 heavy (non-hydrogen) atoms. The molecule has 0 aromatic carbocycles. The highest BCUT2D eigenvalue weighted by Crippen LogP contribution is 2.06. The van der Waals surface area contributed by atoms with E-state index in [0.29, 0.717) is 0 Å². The number of H-pyrrole nitrogens is 1. The SMILES string of the molecule is CCOC(=O)c1ccc(C(=O)CC#N)[nH]1. The van der Waals surface area contributed by atoms with Crippen LogP contribution in [0.5, 0.6) is 0 Å². The molecule has 0 aliphatic heterocycles. The lowest BCUT2D eigenvalue weighted by Crippen LogP contribution is -2.06. The van der Waals surface area contributed by atoms with Crippen LogP contribution in [0.1, 0.15) is 34.3 Å². The lowest BCUT2D eigenvalue weighted by atomic mass is 10.2. The van der Waals surface area contributed by atoms with Gasteiger partial charge in [-0.15, -0.1) is 0 Å². The summed E-state index contributed by atoms with van der Waals surface area (Å²) in [6.45, 7) is 1.97. The van der Waals surface area contributed by atoms with Crippen molar-refractivity contribution in [3.8, 4) is 6.07 Å². The molecule has 0 fully saturated rings. The molecule has 0 spiro atoms. The molecule has 0 aliphatic carbocycles. The first-order chi connectivity index (χ1) is 7.19. The number of carbonyl (C=O) groups excluding carboxylic acids is 2. The van der Waals surface area contributed by atoms with E-state index in [9.17, 15) is 9.59 Å². The molecular weight excluding hydrogens is 196 g/mol. The monoisotopic (exact) mass is 206 g/mol. The van der Waals surface area contributed by atoms with E-state index in [1.165, 1.54) is 12.1 Å². The topological polar surface area (TPSA) is 82.9 Å². The highest BCUT2D eigenvalue weighted by atomic mass is 16.5. The van der Waals surface area contributed by atoms with E-state index < -0.39 is 5.97 Å². The zero-order valence-electron chi connectivity index (χ0n) is 8.24. The van der Waals surface area contributed by atoms with Gasteiger partial charge in [0.05, 0.1) is 18.4 Å². The summed E-state index contributed by atoms with van der Waals surface area (Å²) in [7, 11) is 0. The lowest BCUT2D eigenvalue weighted by molar-refractivity contribution is 0.0520. The highest BCUT2D eigenvalue weighted by Gasteiger charge is 2.12. The van der Waals surface area contributed by atoms with Gasteiger partial charge in [0.25, 0.3) is 0 Å². The van der Waals surface area contributed by atoms with Crippen LogP contribution in [0.25, 0.3) is 0 Å². The fraction of sp³-hybridized carbons (Fsp3) is 0.300. The van der Waals surface area contributed by atoms with Gasteiger partial charge in [-0.25, -0.2) is 4.79 Å². The number of hydrogen-bond acceptors (Lipinski definition) is 4. The Bertz CT molecular complexity index is 415. The number of rotatable bonds is 4. The van der Waals surface area contributed by atoms with Crippen LogP contribution in [0.2, 0.25) is 0 Å². The molecule has 0 radical (unpaired) electrons. The lowest BCUT2D eigenvalue weighted by Gasteiger charge is -1.97. The maximum absolute atomic E-state index is 11.2. The van der Waals surface area contributed by atoms with Gasteiger partial charge >= 0.3 is 5.97 Å². The van der Waals surface area contributed by atoms with Crippen molar-refractivity contribution in [1.29, 1.82) is 5.26 Å². The molecule has 1 aromatic rings. The average Bonchev–Trinajstić information content (AvgIpc) is 2.67. The summed E-state index contributed by atoms with van der Waals surface area (Å²) in [5, 5.41) is 8.32. The predicted octanol–water partition coefficient (Wildman–Crippen LogP) is 1.29. The Morgan fingerprint density at radius 3 is 2.73 bits per heavy atom. The maximum Gasteiger partial charge on any atom is 0.354 e. The third kappa shape index (κ3) is 2.68. The zero-order valence-corrected chi connectivity index (χ0v) is 8.24. The van der Waals surface area contributed by atoms with E-state index in [0.717, 1.165) is 0 Å². The van der Waals surface area contributed by atoms with E-state index in [4.69, 9.17) is 10.00 Å². The summed E-state index contributed by atoms with van der Waals surface area (Å²) in [6.07, 6.45) is -0.206. The van der Waals surface area contributed by atoms with Crippen molar-refractivity contribution in [2.75, 3.05) is 6.61 Å². The minimum atomic E-state index is -0.506. The summed E-state index contributed by atoms with van der Waals surface area (Å²) in [5.74, 6) is -0.846. The van der Waals surface area contributed by atoms with E-state index in [1.807, 2.05) is 0 Å². The second-order valence-electron chi connectivity index (χ2n) is 2.76. The number of esters is 1. The largest absolute Gasteiger partial charge is 0.461 e. The van der Waals surface area contributed by atoms with Crippen LogP contribution in [0.3, 0.4) is 0 Å². The van der Waals surface area contributed by atoms with Crippen LogP contribution >= 0.6 is 0 Å². The van der Waals surface area contributed by atoms with Gasteiger partial charge in [-0.05, 0) is 19.1 Å². The number of hydrogen-bond donors (Lipinski definition) is 1. The van der Waals surface area contributed by atoms with Crippen molar-refractivity contribution < 1.29 is 14.3 Å².